The Kier molecular flexibility index (Phi) is 3.58. The summed E-state index contributed by atoms with van der Waals surface area (Å²) >= 11 is 0. The second-order valence-electron chi connectivity index (χ2n) is 4.47. The van der Waals surface area contributed by atoms with Crippen LogP contribution in [-0.2, 0) is 9.47 Å². The Labute approximate surface area is 116 Å². The summed E-state index contributed by atoms with van der Waals surface area (Å²) < 4.78 is 21.7. The molecule has 0 aliphatic heterocycles. The molecule has 0 saturated carbocycles. The molecule has 0 unspecified atom stereocenters. The van der Waals surface area contributed by atoms with E-state index in [2.05, 4.69) is 0 Å². The lowest BCUT2D eigenvalue weighted by Crippen LogP contribution is -2.21. The highest BCUT2D eigenvalue weighted by atomic mass is 16.7. The summed E-state index contributed by atoms with van der Waals surface area (Å²) in [5, 5.41) is 2.13. The fourth-order valence-corrected chi connectivity index (χ4v) is 2.19. The van der Waals surface area contributed by atoms with Crippen LogP contribution in [0.1, 0.15) is 0 Å². The van der Waals surface area contributed by atoms with Gasteiger partial charge in [-0.2, -0.15) is 0 Å². The van der Waals surface area contributed by atoms with Crippen molar-refractivity contribution >= 4 is 21.9 Å². The highest BCUT2D eigenvalue weighted by molar-refractivity contribution is 6.05. The number of benzene rings is 2. The Morgan fingerprint density at radius 3 is 2.50 bits per heavy atom. The lowest BCUT2D eigenvalue weighted by Gasteiger charge is -2.14. The van der Waals surface area contributed by atoms with E-state index in [0.717, 1.165) is 27.7 Å². The number of furan rings is 1. The van der Waals surface area contributed by atoms with Crippen LogP contribution >= 0.6 is 0 Å². The van der Waals surface area contributed by atoms with Crippen molar-refractivity contribution in [2.24, 2.45) is 0 Å². The molecule has 0 fully saturated rings. The number of fused-ring (bicyclic) bond motifs is 3. The molecule has 3 rings (SSSR count). The third-order valence-electron chi connectivity index (χ3n) is 3.26. The first-order valence-electron chi connectivity index (χ1n) is 6.41. The van der Waals surface area contributed by atoms with Crippen LogP contribution in [-0.4, -0.2) is 27.1 Å². The molecular weight excluding hydrogens is 256 g/mol. The Morgan fingerprint density at radius 1 is 0.950 bits per heavy atom. The van der Waals surface area contributed by atoms with Gasteiger partial charge in [0.2, 0.25) is 0 Å². The standard InChI is InChI=1S/C16H16O4/c1-17-16(18-2)10-19-11-7-8-15-13(9-11)12-5-3-4-6-14(12)20-15/h3-9,16H,10H2,1-2H3. The van der Waals surface area contributed by atoms with Gasteiger partial charge in [-0.3, -0.25) is 0 Å². The average molecular weight is 272 g/mol. The normalized spacial score (nSPS) is 11.6. The third kappa shape index (κ3) is 2.35. The number of para-hydroxylation sites is 1. The lowest BCUT2D eigenvalue weighted by atomic mass is 10.1. The number of hydrogen-bond acceptors (Lipinski definition) is 4. The van der Waals surface area contributed by atoms with Gasteiger partial charge in [-0.05, 0) is 24.3 Å². The summed E-state index contributed by atoms with van der Waals surface area (Å²) in [6, 6.07) is 13.7. The fourth-order valence-electron chi connectivity index (χ4n) is 2.19. The predicted molar refractivity (Wildman–Crippen MR) is 77.0 cm³/mol. The Balaban J connectivity index is 1.91. The van der Waals surface area contributed by atoms with Crippen LogP contribution in [0.2, 0.25) is 0 Å². The van der Waals surface area contributed by atoms with Gasteiger partial charge in [-0.15, -0.1) is 0 Å². The van der Waals surface area contributed by atoms with E-state index in [-0.39, 0.29) is 6.29 Å². The van der Waals surface area contributed by atoms with Gasteiger partial charge in [0.25, 0.3) is 0 Å². The van der Waals surface area contributed by atoms with E-state index in [0.29, 0.717) is 6.61 Å². The van der Waals surface area contributed by atoms with Gasteiger partial charge < -0.3 is 18.6 Å². The number of rotatable bonds is 5. The highest BCUT2D eigenvalue weighted by Gasteiger charge is 2.09. The maximum absolute atomic E-state index is 5.77. The summed E-state index contributed by atoms with van der Waals surface area (Å²) in [4.78, 5) is 0. The first-order valence-corrected chi connectivity index (χ1v) is 6.41. The van der Waals surface area contributed by atoms with Gasteiger partial charge in [0.05, 0.1) is 0 Å². The Morgan fingerprint density at radius 2 is 1.70 bits per heavy atom. The fraction of sp³-hybridized carbons (Fsp3) is 0.250. The van der Waals surface area contributed by atoms with Crippen LogP contribution in [0.15, 0.2) is 46.9 Å². The quantitative estimate of drug-likeness (QED) is 0.666. The zero-order valence-corrected chi connectivity index (χ0v) is 11.5. The molecular formula is C16H16O4. The SMILES string of the molecule is COC(COc1ccc2oc3ccccc3c2c1)OC. The molecule has 0 bridgehead atoms. The molecule has 0 atom stereocenters. The van der Waals surface area contributed by atoms with Gasteiger partial charge in [-0.1, -0.05) is 18.2 Å². The van der Waals surface area contributed by atoms with E-state index < -0.39 is 0 Å². The van der Waals surface area contributed by atoms with Crippen molar-refractivity contribution in [3.8, 4) is 5.75 Å². The largest absolute Gasteiger partial charge is 0.488 e. The van der Waals surface area contributed by atoms with E-state index in [4.69, 9.17) is 18.6 Å². The van der Waals surface area contributed by atoms with E-state index in [1.165, 1.54) is 0 Å². The van der Waals surface area contributed by atoms with Crippen LogP contribution in [0.3, 0.4) is 0 Å². The molecule has 0 aliphatic rings. The lowest BCUT2D eigenvalue weighted by molar-refractivity contribution is -0.121. The number of methoxy groups -OCH3 is 2. The first-order chi connectivity index (χ1) is 9.81. The Hall–Kier alpha value is -2.04. The first kappa shape index (κ1) is 13.0. The summed E-state index contributed by atoms with van der Waals surface area (Å²) in [5.41, 5.74) is 1.74. The maximum Gasteiger partial charge on any atom is 0.191 e. The average Bonchev–Trinajstić information content (AvgIpc) is 2.86. The number of hydrogen-bond donors (Lipinski definition) is 0. The molecule has 0 radical (unpaired) electrons. The molecule has 0 spiro atoms. The molecule has 1 aromatic heterocycles. The molecule has 0 N–H and O–H groups in total. The van der Waals surface area contributed by atoms with Gasteiger partial charge >= 0.3 is 0 Å². The van der Waals surface area contributed by atoms with Crippen molar-refractivity contribution in [1.82, 2.24) is 0 Å². The topological polar surface area (TPSA) is 40.8 Å². The van der Waals surface area contributed by atoms with Crippen LogP contribution in [0.5, 0.6) is 5.75 Å². The molecule has 0 amide bonds. The van der Waals surface area contributed by atoms with E-state index in [1.54, 1.807) is 14.2 Å². The molecule has 3 aromatic rings. The van der Waals surface area contributed by atoms with E-state index in [9.17, 15) is 0 Å². The minimum absolute atomic E-state index is 0.342. The Bertz CT molecular complexity index is 713. The van der Waals surface area contributed by atoms with E-state index >= 15 is 0 Å². The monoisotopic (exact) mass is 272 g/mol. The second kappa shape index (κ2) is 5.53. The number of ether oxygens (including phenoxy) is 3. The van der Waals surface area contributed by atoms with Crippen molar-refractivity contribution in [3.05, 3.63) is 42.5 Å². The van der Waals surface area contributed by atoms with Crippen molar-refractivity contribution in [2.45, 2.75) is 6.29 Å². The summed E-state index contributed by atoms with van der Waals surface area (Å²) in [7, 11) is 3.18. The molecule has 2 aromatic carbocycles. The van der Waals surface area contributed by atoms with Crippen molar-refractivity contribution in [2.75, 3.05) is 20.8 Å². The molecule has 4 heteroatoms. The molecule has 0 aliphatic carbocycles. The third-order valence-corrected chi connectivity index (χ3v) is 3.26. The molecule has 104 valence electrons. The summed E-state index contributed by atoms with van der Waals surface area (Å²) in [5.74, 6) is 0.767. The highest BCUT2D eigenvalue weighted by Crippen LogP contribution is 2.31. The smallest absolute Gasteiger partial charge is 0.191 e. The molecule has 1 heterocycles. The van der Waals surface area contributed by atoms with Crippen LogP contribution < -0.4 is 4.74 Å². The van der Waals surface area contributed by atoms with Crippen molar-refractivity contribution in [1.29, 1.82) is 0 Å². The van der Waals surface area contributed by atoms with Gasteiger partial charge in [0, 0.05) is 25.0 Å². The molecule has 4 nitrogen and oxygen atoms in total. The van der Waals surface area contributed by atoms with Crippen LogP contribution in [0.25, 0.3) is 21.9 Å². The van der Waals surface area contributed by atoms with Crippen LogP contribution in [0.4, 0.5) is 0 Å². The van der Waals surface area contributed by atoms with Crippen LogP contribution in [0, 0.1) is 0 Å². The zero-order valence-electron chi connectivity index (χ0n) is 11.5. The van der Waals surface area contributed by atoms with Gasteiger partial charge in [-0.25, -0.2) is 0 Å². The minimum Gasteiger partial charge on any atom is -0.488 e. The van der Waals surface area contributed by atoms with Crippen molar-refractivity contribution < 1.29 is 18.6 Å². The minimum atomic E-state index is -0.369. The summed E-state index contributed by atoms with van der Waals surface area (Å²) in [6.45, 7) is 0.342. The van der Waals surface area contributed by atoms with Crippen molar-refractivity contribution in [3.63, 3.8) is 0 Å². The molecule has 20 heavy (non-hydrogen) atoms. The maximum atomic E-state index is 5.77. The molecule has 0 saturated heterocycles. The predicted octanol–water partition coefficient (Wildman–Crippen LogP) is 3.58. The van der Waals surface area contributed by atoms with Gasteiger partial charge in [0.15, 0.2) is 6.29 Å². The zero-order chi connectivity index (χ0) is 13.9. The van der Waals surface area contributed by atoms with E-state index in [1.807, 2.05) is 42.5 Å². The summed E-state index contributed by atoms with van der Waals surface area (Å²) in [6.07, 6.45) is -0.369. The second-order valence-corrected chi connectivity index (χ2v) is 4.47. The van der Waals surface area contributed by atoms with Gasteiger partial charge in [0.1, 0.15) is 23.5 Å².